The third-order valence-electron chi connectivity index (χ3n) is 2.74. The van der Waals surface area contributed by atoms with Gasteiger partial charge in [0.1, 0.15) is 15.9 Å². The zero-order valence-electron chi connectivity index (χ0n) is 8.97. The fraction of sp³-hybridized carbons (Fsp3) is 0.778. The van der Waals surface area contributed by atoms with E-state index in [2.05, 4.69) is 5.32 Å². The first-order valence-corrected chi connectivity index (χ1v) is 7.26. The van der Waals surface area contributed by atoms with Crippen LogP contribution in [0, 0.1) is 0 Å². The van der Waals surface area contributed by atoms with Crippen molar-refractivity contribution in [3.8, 4) is 0 Å². The zero-order valence-corrected chi connectivity index (χ0v) is 9.79. The minimum atomic E-state index is -3.10. The van der Waals surface area contributed by atoms with E-state index in [-0.39, 0.29) is 30.2 Å². The molecule has 2 fully saturated rings. The summed E-state index contributed by atoms with van der Waals surface area (Å²) in [5.41, 5.74) is 0. The van der Waals surface area contributed by atoms with Crippen LogP contribution >= 0.6 is 0 Å². The van der Waals surface area contributed by atoms with Crippen LogP contribution in [-0.2, 0) is 14.6 Å². The van der Waals surface area contributed by atoms with Crippen molar-refractivity contribution in [2.24, 2.45) is 0 Å². The highest BCUT2D eigenvalue weighted by molar-refractivity contribution is 7.90. The average molecular weight is 246 g/mol. The number of rotatable bonds is 4. The van der Waals surface area contributed by atoms with E-state index >= 15 is 0 Å². The summed E-state index contributed by atoms with van der Waals surface area (Å²) in [7, 11) is -3.10. The number of sulfone groups is 1. The summed E-state index contributed by atoms with van der Waals surface area (Å²) in [6, 6.07) is -1.01. The molecule has 7 heteroatoms. The standard InChI is InChI=1S/C9H14N2O4S/c1-16(14,15)5-4-7-8(12)11(6-2-3-6)9(13)10-7/h6-7H,2-5H2,1H3,(H,10,13). The summed E-state index contributed by atoms with van der Waals surface area (Å²) in [6.45, 7) is 0. The first-order chi connectivity index (χ1) is 7.38. The Labute approximate surface area is 93.9 Å². The minimum Gasteiger partial charge on any atom is -0.326 e. The van der Waals surface area contributed by atoms with Gasteiger partial charge in [0, 0.05) is 12.3 Å². The lowest BCUT2D eigenvalue weighted by Gasteiger charge is -2.10. The smallest absolute Gasteiger partial charge is 0.325 e. The summed E-state index contributed by atoms with van der Waals surface area (Å²) < 4.78 is 21.9. The van der Waals surface area contributed by atoms with E-state index in [1.165, 1.54) is 4.90 Å². The van der Waals surface area contributed by atoms with Gasteiger partial charge in [-0.2, -0.15) is 0 Å². The molecule has 1 heterocycles. The van der Waals surface area contributed by atoms with Gasteiger partial charge in [-0.15, -0.1) is 0 Å². The molecule has 0 aromatic carbocycles. The minimum absolute atomic E-state index is 0.0377. The highest BCUT2D eigenvalue weighted by Crippen LogP contribution is 2.29. The van der Waals surface area contributed by atoms with Gasteiger partial charge in [0.25, 0.3) is 5.91 Å². The predicted octanol–water partition coefficient (Wildman–Crippen LogP) is -0.496. The number of urea groups is 1. The van der Waals surface area contributed by atoms with Crippen LogP contribution in [0.4, 0.5) is 4.79 Å². The lowest BCUT2D eigenvalue weighted by Crippen LogP contribution is -2.33. The van der Waals surface area contributed by atoms with Crippen LogP contribution in [0.15, 0.2) is 0 Å². The van der Waals surface area contributed by atoms with Crippen molar-refractivity contribution in [1.82, 2.24) is 10.2 Å². The number of hydrogen-bond donors (Lipinski definition) is 1. The molecule has 6 nitrogen and oxygen atoms in total. The van der Waals surface area contributed by atoms with Gasteiger partial charge in [0.05, 0.1) is 5.75 Å². The van der Waals surface area contributed by atoms with Crippen LogP contribution in [-0.4, -0.2) is 49.3 Å². The Morgan fingerprint density at radius 2 is 2.00 bits per heavy atom. The van der Waals surface area contributed by atoms with Crippen molar-refractivity contribution in [2.75, 3.05) is 12.0 Å². The molecular formula is C9H14N2O4S. The zero-order chi connectivity index (χ0) is 11.9. The summed E-state index contributed by atoms with van der Waals surface area (Å²) in [6.07, 6.45) is 3.00. The summed E-state index contributed by atoms with van der Waals surface area (Å²) in [5, 5.41) is 2.52. The summed E-state index contributed by atoms with van der Waals surface area (Å²) >= 11 is 0. The summed E-state index contributed by atoms with van der Waals surface area (Å²) in [5.74, 6) is -0.363. The van der Waals surface area contributed by atoms with Crippen molar-refractivity contribution in [2.45, 2.75) is 31.3 Å². The lowest BCUT2D eigenvalue weighted by molar-refractivity contribution is -0.127. The Hall–Kier alpha value is -1.11. The highest BCUT2D eigenvalue weighted by Gasteiger charge is 2.45. The van der Waals surface area contributed by atoms with Crippen LogP contribution in [0.1, 0.15) is 19.3 Å². The molecule has 1 aliphatic carbocycles. The largest absolute Gasteiger partial charge is 0.326 e. The van der Waals surface area contributed by atoms with E-state index in [1.54, 1.807) is 0 Å². The van der Waals surface area contributed by atoms with Crippen molar-refractivity contribution in [1.29, 1.82) is 0 Å². The maximum atomic E-state index is 11.8. The maximum absolute atomic E-state index is 11.8. The quantitative estimate of drug-likeness (QED) is 0.678. The molecule has 3 amide bonds. The molecule has 1 unspecified atom stereocenters. The third-order valence-corrected chi connectivity index (χ3v) is 3.72. The van der Waals surface area contributed by atoms with Crippen LogP contribution in [0.2, 0.25) is 0 Å². The Bertz CT molecular complexity index is 427. The second-order valence-corrected chi connectivity index (χ2v) is 6.62. The maximum Gasteiger partial charge on any atom is 0.325 e. The second-order valence-electron chi connectivity index (χ2n) is 4.36. The van der Waals surface area contributed by atoms with E-state index in [1.807, 2.05) is 0 Å². The number of nitrogens with one attached hydrogen (secondary N) is 1. The lowest BCUT2D eigenvalue weighted by atomic mass is 10.2. The molecule has 1 atom stereocenters. The van der Waals surface area contributed by atoms with Gasteiger partial charge in [-0.1, -0.05) is 0 Å². The molecule has 0 radical (unpaired) electrons. The normalized spacial score (nSPS) is 26.1. The van der Waals surface area contributed by atoms with Crippen molar-refractivity contribution < 1.29 is 18.0 Å². The third kappa shape index (κ3) is 2.34. The fourth-order valence-corrected chi connectivity index (χ4v) is 2.42. The first-order valence-electron chi connectivity index (χ1n) is 5.20. The average Bonchev–Trinajstić information content (AvgIpc) is 2.91. The van der Waals surface area contributed by atoms with Gasteiger partial charge < -0.3 is 5.32 Å². The van der Waals surface area contributed by atoms with E-state index in [9.17, 15) is 18.0 Å². The van der Waals surface area contributed by atoms with Gasteiger partial charge in [-0.25, -0.2) is 13.2 Å². The molecular weight excluding hydrogens is 232 g/mol. The van der Waals surface area contributed by atoms with Crippen LogP contribution in [0.25, 0.3) is 0 Å². The van der Waals surface area contributed by atoms with Crippen molar-refractivity contribution in [3.63, 3.8) is 0 Å². The highest BCUT2D eigenvalue weighted by atomic mass is 32.2. The monoisotopic (exact) mass is 246 g/mol. The van der Waals surface area contributed by atoms with Crippen LogP contribution in [0.3, 0.4) is 0 Å². The number of carbonyl (C=O) groups excluding carboxylic acids is 2. The van der Waals surface area contributed by atoms with E-state index < -0.39 is 15.9 Å². The molecule has 16 heavy (non-hydrogen) atoms. The molecule has 1 aliphatic heterocycles. The molecule has 1 saturated carbocycles. The molecule has 90 valence electrons. The molecule has 2 aliphatic rings. The Morgan fingerprint density at radius 1 is 1.38 bits per heavy atom. The molecule has 1 saturated heterocycles. The van der Waals surface area contributed by atoms with Gasteiger partial charge in [-0.05, 0) is 19.3 Å². The number of imide groups is 1. The molecule has 0 bridgehead atoms. The number of nitrogens with zero attached hydrogens (tertiary/aromatic N) is 1. The van der Waals surface area contributed by atoms with E-state index in [0.29, 0.717) is 0 Å². The van der Waals surface area contributed by atoms with Crippen LogP contribution < -0.4 is 5.32 Å². The fourth-order valence-electron chi connectivity index (χ4n) is 1.75. The Kier molecular flexibility index (Phi) is 2.65. The van der Waals surface area contributed by atoms with Gasteiger partial charge in [0.2, 0.25) is 0 Å². The number of carbonyl (C=O) groups is 2. The predicted molar refractivity (Wildman–Crippen MR) is 56.5 cm³/mol. The van der Waals surface area contributed by atoms with Gasteiger partial charge >= 0.3 is 6.03 Å². The van der Waals surface area contributed by atoms with Gasteiger partial charge in [0.15, 0.2) is 0 Å². The van der Waals surface area contributed by atoms with E-state index in [0.717, 1.165) is 19.1 Å². The molecule has 0 aromatic heterocycles. The molecule has 1 N–H and O–H groups in total. The van der Waals surface area contributed by atoms with Crippen molar-refractivity contribution in [3.05, 3.63) is 0 Å². The van der Waals surface area contributed by atoms with Crippen LogP contribution in [0.5, 0.6) is 0 Å². The van der Waals surface area contributed by atoms with Crippen molar-refractivity contribution >= 4 is 21.8 Å². The second kappa shape index (κ2) is 3.73. The summed E-state index contributed by atoms with van der Waals surface area (Å²) in [4.78, 5) is 24.4. The Balaban J connectivity index is 1.97. The van der Waals surface area contributed by atoms with Gasteiger partial charge in [-0.3, -0.25) is 9.69 Å². The molecule has 0 aromatic rings. The first kappa shape index (κ1) is 11.4. The topological polar surface area (TPSA) is 83.6 Å². The number of hydrogen-bond acceptors (Lipinski definition) is 4. The molecule has 0 spiro atoms. The Morgan fingerprint density at radius 3 is 2.50 bits per heavy atom. The number of amides is 3. The molecule has 2 rings (SSSR count). The SMILES string of the molecule is CS(=O)(=O)CCC1NC(=O)N(C2CC2)C1=O. The van der Waals surface area contributed by atoms with E-state index in [4.69, 9.17) is 0 Å².